The van der Waals surface area contributed by atoms with Crippen molar-refractivity contribution in [1.82, 2.24) is 9.80 Å². The maximum absolute atomic E-state index is 2.87. The molecule has 0 bridgehead atoms. The average Bonchev–Trinajstić information content (AvgIpc) is 3.39. The molecule has 1 unspecified atom stereocenters. The van der Waals surface area contributed by atoms with Crippen LogP contribution in [0.1, 0.15) is 86.0 Å². The number of rotatable bonds is 3. The summed E-state index contributed by atoms with van der Waals surface area (Å²) in [6.07, 6.45) is 11.8. The second-order valence-electron chi connectivity index (χ2n) is 11.5. The Morgan fingerprint density at radius 2 is 1.50 bits per heavy atom. The summed E-state index contributed by atoms with van der Waals surface area (Å²) in [5.74, 6) is 1.01. The summed E-state index contributed by atoms with van der Waals surface area (Å²) >= 11 is 0. The summed E-state index contributed by atoms with van der Waals surface area (Å²) in [4.78, 5) is 5.58. The number of piperidine rings is 2. The van der Waals surface area contributed by atoms with Crippen molar-refractivity contribution in [3.8, 4) is 0 Å². The monoisotopic (exact) mass is 332 g/mol. The molecule has 0 aromatic heterocycles. The minimum atomic E-state index is 0.359. The summed E-state index contributed by atoms with van der Waals surface area (Å²) in [5, 5.41) is 0. The molecule has 2 aliphatic heterocycles. The fourth-order valence-corrected chi connectivity index (χ4v) is 6.00. The lowest BCUT2D eigenvalue weighted by molar-refractivity contribution is 0.0383. The number of hydrogen-bond acceptors (Lipinski definition) is 2. The maximum Gasteiger partial charge on any atom is 0.0156 e. The van der Waals surface area contributed by atoms with Crippen molar-refractivity contribution in [2.75, 3.05) is 26.2 Å². The zero-order chi connectivity index (χ0) is 17.2. The van der Waals surface area contributed by atoms with E-state index >= 15 is 0 Å². The Morgan fingerprint density at radius 1 is 0.833 bits per heavy atom. The molecular weight excluding hydrogens is 292 g/mol. The summed E-state index contributed by atoms with van der Waals surface area (Å²) in [7, 11) is 0. The van der Waals surface area contributed by atoms with Gasteiger partial charge in [0, 0.05) is 17.6 Å². The normalized spacial score (nSPS) is 33.1. The van der Waals surface area contributed by atoms with Gasteiger partial charge >= 0.3 is 0 Å². The fraction of sp³-hybridized carbons (Fsp3) is 1.00. The third kappa shape index (κ3) is 3.18. The Kier molecular flexibility index (Phi) is 3.94. The first-order valence-electron chi connectivity index (χ1n) is 10.6. The largest absolute Gasteiger partial charge is 0.298 e. The molecule has 2 nitrogen and oxygen atoms in total. The molecule has 138 valence electrons. The van der Waals surface area contributed by atoms with Gasteiger partial charge < -0.3 is 0 Å². The second kappa shape index (κ2) is 5.46. The van der Waals surface area contributed by atoms with Crippen LogP contribution < -0.4 is 0 Å². The number of likely N-dealkylation sites (tertiary alicyclic amines) is 2. The van der Waals surface area contributed by atoms with Gasteiger partial charge in [-0.1, -0.05) is 0 Å². The Morgan fingerprint density at radius 3 is 2.08 bits per heavy atom. The quantitative estimate of drug-likeness (QED) is 0.723. The summed E-state index contributed by atoms with van der Waals surface area (Å²) in [6.45, 7) is 17.6. The van der Waals surface area contributed by atoms with E-state index in [1.165, 1.54) is 77.5 Å². The highest BCUT2D eigenvalue weighted by Crippen LogP contribution is 2.63. The molecule has 0 aromatic rings. The van der Waals surface area contributed by atoms with E-state index in [1.807, 2.05) is 0 Å². The second-order valence-corrected chi connectivity index (χ2v) is 11.5. The van der Waals surface area contributed by atoms with Crippen LogP contribution in [0, 0.1) is 16.7 Å². The van der Waals surface area contributed by atoms with Gasteiger partial charge in [-0.05, 0) is 122 Å². The predicted molar refractivity (Wildman–Crippen MR) is 102 cm³/mol. The lowest BCUT2D eigenvalue weighted by Gasteiger charge is -2.45. The van der Waals surface area contributed by atoms with E-state index in [9.17, 15) is 0 Å². The van der Waals surface area contributed by atoms with Crippen LogP contribution in [0.5, 0.6) is 0 Å². The smallest absolute Gasteiger partial charge is 0.0156 e. The van der Waals surface area contributed by atoms with E-state index in [0.717, 1.165) is 16.7 Å². The molecule has 0 N–H and O–H groups in total. The fourth-order valence-electron chi connectivity index (χ4n) is 6.00. The van der Waals surface area contributed by atoms with Crippen molar-refractivity contribution in [3.63, 3.8) is 0 Å². The van der Waals surface area contributed by atoms with Crippen LogP contribution in [-0.2, 0) is 0 Å². The summed E-state index contributed by atoms with van der Waals surface area (Å²) in [5.41, 5.74) is 2.27. The van der Waals surface area contributed by atoms with Gasteiger partial charge in [0.2, 0.25) is 0 Å². The number of nitrogens with zero attached hydrogens (tertiary/aromatic N) is 2. The molecule has 4 rings (SSSR count). The molecule has 2 aliphatic carbocycles. The zero-order valence-electron chi connectivity index (χ0n) is 17.0. The molecule has 0 amide bonds. The minimum Gasteiger partial charge on any atom is -0.298 e. The van der Waals surface area contributed by atoms with Crippen LogP contribution in [0.3, 0.4) is 0 Å². The third-order valence-electron chi connectivity index (χ3n) is 8.29. The van der Waals surface area contributed by atoms with Crippen LogP contribution >= 0.6 is 0 Å². The SMILES string of the molecule is CC(C)(C)N1CCC2(CC1)CC2CC(C)(C)N1CCCC2(CC2)C1. The van der Waals surface area contributed by atoms with E-state index in [2.05, 4.69) is 44.4 Å². The molecule has 2 heteroatoms. The van der Waals surface area contributed by atoms with Crippen LogP contribution in [-0.4, -0.2) is 47.1 Å². The van der Waals surface area contributed by atoms with Crippen molar-refractivity contribution in [2.45, 2.75) is 97.1 Å². The van der Waals surface area contributed by atoms with E-state index in [4.69, 9.17) is 0 Å². The van der Waals surface area contributed by atoms with Gasteiger partial charge in [0.15, 0.2) is 0 Å². The van der Waals surface area contributed by atoms with E-state index in [-0.39, 0.29) is 0 Å². The van der Waals surface area contributed by atoms with Gasteiger partial charge in [-0.25, -0.2) is 0 Å². The highest BCUT2D eigenvalue weighted by molar-refractivity contribution is 5.09. The van der Waals surface area contributed by atoms with Gasteiger partial charge in [0.1, 0.15) is 0 Å². The highest BCUT2D eigenvalue weighted by Gasteiger charge is 2.57. The third-order valence-corrected chi connectivity index (χ3v) is 8.29. The molecule has 2 heterocycles. The Labute approximate surface area is 150 Å². The lowest BCUT2D eigenvalue weighted by Crippen LogP contribution is -2.50. The summed E-state index contributed by atoms with van der Waals surface area (Å²) < 4.78 is 0. The molecule has 2 spiro atoms. The van der Waals surface area contributed by atoms with E-state index < -0.39 is 0 Å². The van der Waals surface area contributed by atoms with Crippen LogP contribution in [0.2, 0.25) is 0 Å². The van der Waals surface area contributed by atoms with Gasteiger partial charge in [-0.15, -0.1) is 0 Å². The summed E-state index contributed by atoms with van der Waals surface area (Å²) in [6, 6.07) is 0. The molecule has 1 atom stereocenters. The van der Waals surface area contributed by atoms with Crippen molar-refractivity contribution in [3.05, 3.63) is 0 Å². The molecule has 2 saturated heterocycles. The van der Waals surface area contributed by atoms with Crippen LogP contribution in [0.25, 0.3) is 0 Å². The highest BCUT2D eigenvalue weighted by atomic mass is 15.2. The van der Waals surface area contributed by atoms with Gasteiger partial charge in [0.25, 0.3) is 0 Å². The standard InChI is InChI=1S/C22H40N2/c1-19(2,3)23-13-10-22(11-14-23)16-18(22)15-20(4,5)24-12-6-7-21(17-24)8-9-21/h18H,6-17H2,1-5H3. The Hall–Kier alpha value is -0.0800. The molecule has 0 aromatic carbocycles. The first-order chi connectivity index (χ1) is 11.1. The van der Waals surface area contributed by atoms with Crippen molar-refractivity contribution in [1.29, 1.82) is 0 Å². The molecule has 2 saturated carbocycles. The van der Waals surface area contributed by atoms with Gasteiger partial charge in [-0.2, -0.15) is 0 Å². The molecule has 4 fully saturated rings. The average molecular weight is 333 g/mol. The molecular formula is C22H40N2. The van der Waals surface area contributed by atoms with Crippen LogP contribution in [0.4, 0.5) is 0 Å². The first-order valence-corrected chi connectivity index (χ1v) is 10.6. The maximum atomic E-state index is 2.87. The van der Waals surface area contributed by atoms with Crippen LogP contribution in [0.15, 0.2) is 0 Å². The zero-order valence-corrected chi connectivity index (χ0v) is 17.0. The number of hydrogen-bond donors (Lipinski definition) is 0. The minimum absolute atomic E-state index is 0.359. The van der Waals surface area contributed by atoms with Crippen molar-refractivity contribution < 1.29 is 0 Å². The molecule has 0 radical (unpaired) electrons. The molecule has 4 aliphatic rings. The lowest BCUT2D eigenvalue weighted by atomic mass is 9.83. The van der Waals surface area contributed by atoms with E-state index in [1.54, 1.807) is 0 Å². The van der Waals surface area contributed by atoms with Gasteiger partial charge in [-0.3, -0.25) is 9.80 Å². The van der Waals surface area contributed by atoms with Gasteiger partial charge in [0.05, 0.1) is 0 Å². The van der Waals surface area contributed by atoms with Crippen molar-refractivity contribution in [2.24, 2.45) is 16.7 Å². The Balaban J connectivity index is 1.32. The topological polar surface area (TPSA) is 6.48 Å². The first kappa shape index (κ1) is 17.3. The van der Waals surface area contributed by atoms with Crippen molar-refractivity contribution >= 4 is 0 Å². The Bertz CT molecular complexity index is 475. The predicted octanol–water partition coefficient (Wildman–Crippen LogP) is 4.93. The van der Waals surface area contributed by atoms with E-state index in [0.29, 0.717) is 11.1 Å². The molecule has 24 heavy (non-hydrogen) atoms.